The van der Waals surface area contributed by atoms with Gasteiger partial charge in [0.1, 0.15) is 0 Å². The third-order valence-corrected chi connectivity index (χ3v) is 3.51. The molecule has 6 nitrogen and oxygen atoms in total. The summed E-state index contributed by atoms with van der Waals surface area (Å²) in [5.74, 6) is 0.550. The predicted octanol–water partition coefficient (Wildman–Crippen LogP) is 2.06. The fourth-order valence-corrected chi connectivity index (χ4v) is 2.24. The van der Waals surface area contributed by atoms with E-state index in [1.54, 1.807) is 0 Å². The van der Waals surface area contributed by atoms with Crippen LogP contribution in [0.5, 0.6) is 6.01 Å². The highest BCUT2D eigenvalue weighted by Crippen LogP contribution is 2.28. The van der Waals surface area contributed by atoms with Gasteiger partial charge in [-0.3, -0.25) is 0 Å². The second-order valence-corrected chi connectivity index (χ2v) is 5.23. The van der Waals surface area contributed by atoms with Crippen LogP contribution in [0.3, 0.4) is 0 Å². The zero-order chi connectivity index (χ0) is 14.4. The van der Waals surface area contributed by atoms with Gasteiger partial charge < -0.3 is 14.7 Å². The number of hydrogen-bond donors (Lipinski definition) is 1. The zero-order valence-corrected chi connectivity index (χ0v) is 12.5. The highest BCUT2D eigenvalue weighted by molar-refractivity contribution is 6.28. The molecule has 0 bridgehead atoms. The number of aliphatic hydroxyl groups excluding tert-OH is 1. The van der Waals surface area contributed by atoms with Crippen molar-refractivity contribution in [1.82, 2.24) is 15.0 Å². The number of halogens is 1. The quantitative estimate of drug-likeness (QED) is 0.792. The van der Waals surface area contributed by atoms with Crippen LogP contribution in [0.2, 0.25) is 5.28 Å². The second kappa shape index (κ2) is 7.59. The lowest BCUT2D eigenvalue weighted by atomic mass is 9.91. The van der Waals surface area contributed by atoms with E-state index < -0.39 is 0 Å². The van der Waals surface area contributed by atoms with Crippen molar-refractivity contribution in [3.8, 4) is 6.01 Å². The minimum Gasteiger partial charge on any atom is -0.463 e. The van der Waals surface area contributed by atoms with Crippen molar-refractivity contribution in [2.24, 2.45) is 0 Å². The van der Waals surface area contributed by atoms with Crippen molar-refractivity contribution < 1.29 is 9.84 Å². The Morgan fingerprint density at radius 1 is 1.35 bits per heavy atom. The molecule has 1 aliphatic rings. The highest BCUT2D eigenvalue weighted by atomic mass is 35.5. The molecular weight excluding hydrogens is 280 g/mol. The first-order valence-corrected chi connectivity index (χ1v) is 7.54. The van der Waals surface area contributed by atoms with Gasteiger partial charge in [-0.2, -0.15) is 15.0 Å². The summed E-state index contributed by atoms with van der Waals surface area (Å²) in [7, 11) is 0. The lowest BCUT2D eigenvalue weighted by molar-refractivity contribution is 0.280. The number of anilines is 1. The summed E-state index contributed by atoms with van der Waals surface area (Å²) in [6.07, 6.45) is 5.04. The summed E-state index contributed by atoms with van der Waals surface area (Å²) in [5, 5.41) is 9.18. The van der Waals surface area contributed by atoms with Gasteiger partial charge in [0.05, 0.1) is 6.61 Å². The van der Waals surface area contributed by atoms with Crippen LogP contribution in [0.4, 0.5) is 5.95 Å². The maximum atomic E-state index is 9.03. The molecule has 1 aliphatic carbocycles. The number of rotatable bonds is 8. The fourth-order valence-electron chi connectivity index (χ4n) is 2.09. The maximum absolute atomic E-state index is 9.03. The number of ether oxygens (including phenoxy) is 1. The molecule has 1 saturated carbocycles. The Balaban J connectivity index is 2.15. The van der Waals surface area contributed by atoms with Crippen molar-refractivity contribution in [3.63, 3.8) is 0 Å². The molecular formula is C13H21ClN4O2. The van der Waals surface area contributed by atoms with Gasteiger partial charge in [0, 0.05) is 19.2 Å². The van der Waals surface area contributed by atoms with Crippen LogP contribution in [0.25, 0.3) is 0 Å². The smallest absolute Gasteiger partial charge is 0.322 e. The first-order chi connectivity index (χ1) is 9.74. The van der Waals surface area contributed by atoms with Crippen molar-refractivity contribution in [2.75, 3.05) is 24.7 Å². The van der Waals surface area contributed by atoms with Gasteiger partial charge in [-0.1, -0.05) is 6.92 Å². The number of hydrogen-bond acceptors (Lipinski definition) is 6. The van der Waals surface area contributed by atoms with Crippen LogP contribution < -0.4 is 9.64 Å². The van der Waals surface area contributed by atoms with E-state index in [2.05, 4.69) is 19.9 Å². The van der Waals surface area contributed by atoms with Crippen LogP contribution in [-0.2, 0) is 0 Å². The Hall–Kier alpha value is -1.14. The monoisotopic (exact) mass is 300 g/mol. The third kappa shape index (κ3) is 3.93. The molecule has 2 rings (SSSR count). The van der Waals surface area contributed by atoms with Gasteiger partial charge in [0.2, 0.25) is 11.2 Å². The van der Waals surface area contributed by atoms with E-state index in [-0.39, 0.29) is 17.9 Å². The van der Waals surface area contributed by atoms with Crippen molar-refractivity contribution in [3.05, 3.63) is 5.28 Å². The van der Waals surface area contributed by atoms with Gasteiger partial charge in [-0.15, -0.1) is 0 Å². The number of nitrogens with zero attached hydrogens (tertiary/aromatic N) is 4. The molecule has 1 aromatic rings. The molecule has 0 radical (unpaired) electrons. The van der Waals surface area contributed by atoms with Crippen molar-refractivity contribution in [2.45, 2.75) is 45.1 Å². The first-order valence-electron chi connectivity index (χ1n) is 7.16. The molecule has 0 unspecified atom stereocenters. The van der Waals surface area contributed by atoms with Crippen LogP contribution in [0.1, 0.15) is 39.0 Å². The predicted molar refractivity (Wildman–Crippen MR) is 77.3 cm³/mol. The maximum Gasteiger partial charge on any atom is 0.322 e. The van der Waals surface area contributed by atoms with Gasteiger partial charge in [0.15, 0.2) is 0 Å². The van der Waals surface area contributed by atoms with Crippen LogP contribution in [0, 0.1) is 0 Å². The summed E-state index contributed by atoms with van der Waals surface area (Å²) in [6, 6.07) is 0.703. The van der Waals surface area contributed by atoms with E-state index in [1.165, 1.54) is 6.42 Å². The van der Waals surface area contributed by atoms with Crippen LogP contribution >= 0.6 is 11.6 Å². The lowest BCUT2D eigenvalue weighted by Gasteiger charge is -2.37. The second-order valence-electron chi connectivity index (χ2n) is 4.89. The Morgan fingerprint density at radius 3 is 2.75 bits per heavy atom. The minimum absolute atomic E-state index is 0.148. The van der Waals surface area contributed by atoms with Gasteiger partial charge in [0.25, 0.3) is 0 Å². The highest BCUT2D eigenvalue weighted by Gasteiger charge is 2.27. The molecule has 1 fully saturated rings. The Kier molecular flexibility index (Phi) is 5.79. The van der Waals surface area contributed by atoms with E-state index in [0.717, 1.165) is 19.3 Å². The van der Waals surface area contributed by atoms with E-state index in [1.807, 2.05) is 6.92 Å². The molecule has 112 valence electrons. The first kappa shape index (κ1) is 15.3. The summed E-state index contributed by atoms with van der Waals surface area (Å²) in [5.41, 5.74) is 0. The molecule has 7 heteroatoms. The third-order valence-electron chi connectivity index (χ3n) is 3.34. The van der Waals surface area contributed by atoms with Gasteiger partial charge in [-0.05, 0) is 43.7 Å². The van der Waals surface area contributed by atoms with Crippen LogP contribution in [0.15, 0.2) is 0 Å². The van der Waals surface area contributed by atoms with Gasteiger partial charge >= 0.3 is 6.01 Å². The molecule has 0 amide bonds. The van der Waals surface area contributed by atoms with Crippen molar-refractivity contribution in [1.29, 1.82) is 0 Å². The zero-order valence-electron chi connectivity index (χ0n) is 11.8. The molecule has 20 heavy (non-hydrogen) atoms. The summed E-state index contributed by atoms with van der Waals surface area (Å²) in [6.45, 7) is 3.45. The summed E-state index contributed by atoms with van der Waals surface area (Å²) in [4.78, 5) is 14.6. The minimum atomic E-state index is 0.148. The Bertz CT molecular complexity index is 429. The number of aliphatic hydroxyl groups is 1. The van der Waals surface area contributed by atoms with Gasteiger partial charge in [-0.25, -0.2) is 0 Å². The van der Waals surface area contributed by atoms with E-state index >= 15 is 0 Å². The van der Waals surface area contributed by atoms with E-state index in [4.69, 9.17) is 21.4 Å². The van der Waals surface area contributed by atoms with E-state index in [0.29, 0.717) is 31.6 Å². The van der Waals surface area contributed by atoms with Crippen LogP contribution in [-0.4, -0.2) is 45.9 Å². The normalized spacial score (nSPS) is 14.9. The Morgan fingerprint density at radius 2 is 2.15 bits per heavy atom. The molecule has 0 saturated heterocycles. The average Bonchev–Trinajstić information content (AvgIpc) is 2.38. The molecule has 0 atom stereocenters. The lowest BCUT2D eigenvalue weighted by Crippen LogP contribution is -2.42. The average molecular weight is 301 g/mol. The van der Waals surface area contributed by atoms with E-state index in [9.17, 15) is 0 Å². The molecule has 1 aromatic heterocycles. The fraction of sp³-hybridized carbons (Fsp3) is 0.769. The topological polar surface area (TPSA) is 71.4 Å². The largest absolute Gasteiger partial charge is 0.463 e. The number of aromatic nitrogens is 3. The molecule has 1 heterocycles. The Labute approximate surface area is 124 Å². The summed E-state index contributed by atoms with van der Waals surface area (Å²) < 4.78 is 5.44. The molecule has 0 aliphatic heterocycles. The molecule has 0 aromatic carbocycles. The standard InChI is InChI=1S/C13H21ClN4O2/c1-2-9-20-13-16-11(14)15-12(17-13)18(7-4-8-19)10-5-3-6-10/h10,19H,2-9H2,1H3. The molecule has 0 spiro atoms. The molecule has 1 N–H and O–H groups in total. The SMILES string of the molecule is CCCOc1nc(Cl)nc(N(CCCO)C2CCC2)n1. The summed E-state index contributed by atoms with van der Waals surface area (Å²) >= 11 is 5.95. The van der Waals surface area contributed by atoms with Crippen molar-refractivity contribution >= 4 is 17.5 Å².